The number of anilines is 2. The van der Waals surface area contributed by atoms with Crippen LogP contribution >= 0.6 is 12.2 Å². The van der Waals surface area contributed by atoms with Crippen LogP contribution in [0.1, 0.15) is 20.7 Å². The molecule has 0 bridgehead atoms. The lowest BCUT2D eigenvalue weighted by atomic mass is 10.1. The number of ether oxygens (including phenoxy) is 4. The molecule has 0 aromatic heterocycles. The highest BCUT2D eigenvalue weighted by Crippen LogP contribution is 2.32. The minimum Gasteiger partial charge on any atom is -0.486 e. The van der Waals surface area contributed by atoms with Crippen LogP contribution in [0.5, 0.6) is 11.5 Å². The van der Waals surface area contributed by atoms with Gasteiger partial charge >= 0.3 is 11.9 Å². The van der Waals surface area contributed by atoms with E-state index >= 15 is 0 Å². The molecule has 0 amide bonds. The monoisotopic (exact) mass is 402 g/mol. The molecule has 1 heterocycles. The third-order valence-electron chi connectivity index (χ3n) is 3.83. The van der Waals surface area contributed by atoms with Gasteiger partial charge < -0.3 is 29.6 Å². The number of methoxy groups -OCH3 is 2. The van der Waals surface area contributed by atoms with Crippen LogP contribution < -0.4 is 20.1 Å². The Morgan fingerprint density at radius 3 is 2.04 bits per heavy atom. The maximum Gasteiger partial charge on any atom is 0.337 e. The highest BCUT2D eigenvalue weighted by atomic mass is 32.1. The first-order valence-corrected chi connectivity index (χ1v) is 8.70. The van der Waals surface area contributed by atoms with E-state index in [2.05, 4.69) is 10.6 Å². The number of rotatable bonds is 4. The number of hydrogen-bond donors (Lipinski definition) is 2. The van der Waals surface area contributed by atoms with Crippen LogP contribution in [0.25, 0.3) is 0 Å². The van der Waals surface area contributed by atoms with Crippen molar-refractivity contribution in [3.63, 3.8) is 0 Å². The molecule has 0 atom stereocenters. The van der Waals surface area contributed by atoms with E-state index in [0.717, 1.165) is 0 Å². The van der Waals surface area contributed by atoms with Crippen molar-refractivity contribution in [1.82, 2.24) is 0 Å². The maximum atomic E-state index is 11.9. The smallest absolute Gasteiger partial charge is 0.337 e. The number of thiocarbonyl (C=S) groups is 1. The van der Waals surface area contributed by atoms with Crippen molar-refractivity contribution in [2.75, 3.05) is 38.1 Å². The van der Waals surface area contributed by atoms with Crippen LogP contribution in [0, 0.1) is 0 Å². The molecule has 0 radical (unpaired) electrons. The molecule has 28 heavy (non-hydrogen) atoms. The van der Waals surface area contributed by atoms with Gasteiger partial charge in [0.15, 0.2) is 16.6 Å². The fourth-order valence-corrected chi connectivity index (χ4v) is 2.82. The number of carbonyl (C=O) groups excluding carboxylic acids is 2. The van der Waals surface area contributed by atoms with Gasteiger partial charge in [-0.2, -0.15) is 0 Å². The van der Waals surface area contributed by atoms with E-state index in [0.29, 0.717) is 36.1 Å². The summed E-state index contributed by atoms with van der Waals surface area (Å²) in [6, 6.07) is 9.79. The predicted molar refractivity (Wildman–Crippen MR) is 106 cm³/mol. The van der Waals surface area contributed by atoms with Crippen molar-refractivity contribution >= 4 is 40.6 Å². The summed E-state index contributed by atoms with van der Waals surface area (Å²) in [5.74, 6) is 0.128. The van der Waals surface area contributed by atoms with Gasteiger partial charge in [-0.25, -0.2) is 9.59 Å². The fourth-order valence-electron chi connectivity index (χ4n) is 2.59. The Bertz CT molecular complexity index is 896. The summed E-state index contributed by atoms with van der Waals surface area (Å²) in [4.78, 5) is 23.7. The summed E-state index contributed by atoms with van der Waals surface area (Å²) in [6.45, 7) is 0.995. The number of hydrogen-bond acceptors (Lipinski definition) is 7. The van der Waals surface area contributed by atoms with Crippen LogP contribution in [0.3, 0.4) is 0 Å². The first-order valence-electron chi connectivity index (χ1n) is 8.29. The minimum absolute atomic E-state index is 0.190. The van der Waals surface area contributed by atoms with Gasteiger partial charge in [0.05, 0.1) is 25.3 Å². The molecule has 1 aliphatic heterocycles. The largest absolute Gasteiger partial charge is 0.486 e. The topological polar surface area (TPSA) is 95.1 Å². The molecular weight excluding hydrogens is 384 g/mol. The van der Waals surface area contributed by atoms with Crippen molar-refractivity contribution < 1.29 is 28.5 Å². The van der Waals surface area contributed by atoms with E-state index < -0.39 is 11.9 Å². The molecule has 0 saturated heterocycles. The Morgan fingerprint density at radius 1 is 0.857 bits per heavy atom. The van der Waals surface area contributed by atoms with Gasteiger partial charge in [-0.1, -0.05) is 0 Å². The Balaban J connectivity index is 1.77. The summed E-state index contributed by atoms with van der Waals surface area (Å²) in [5.41, 5.74) is 1.50. The number of esters is 2. The molecule has 0 spiro atoms. The molecule has 2 aromatic rings. The zero-order valence-corrected chi connectivity index (χ0v) is 16.1. The third-order valence-corrected chi connectivity index (χ3v) is 4.04. The van der Waals surface area contributed by atoms with E-state index in [9.17, 15) is 9.59 Å². The van der Waals surface area contributed by atoms with Crippen LogP contribution in [0.4, 0.5) is 11.4 Å². The van der Waals surface area contributed by atoms with Crippen molar-refractivity contribution in [1.29, 1.82) is 0 Å². The van der Waals surface area contributed by atoms with E-state index in [-0.39, 0.29) is 16.2 Å². The van der Waals surface area contributed by atoms with Gasteiger partial charge in [0.2, 0.25) is 0 Å². The standard InChI is InChI=1S/C19H18N2O6S/c1-24-17(22)11-7-12(18(23)25-2)9-14(8-11)21-19(28)20-13-3-4-15-16(10-13)27-6-5-26-15/h3-4,7-10H,5-6H2,1-2H3,(H2,20,21,28). The zero-order chi connectivity index (χ0) is 20.1. The number of benzene rings is 2. The molecule has 0 unspecified atom stereocenters. The molecule has 0 aliphatic carbocycles. The summed E-state index contributed by atoms with van der Waals surface area (Å²) in [5, 5.41) is 6.22. The summed E-state index contributed by atoms with van der Waals surface area (Å²) >= 11 is 5.32. The lowest BCUT2D eigenvalue weighted by Gasteiger charge is -2.19. The summed E-state index contributed by atoms with van der Waals surface area (Å²) < 4.78 is 20.5. The van der Waals surface area contributed by atoms with Crippen molar-refractivity contribution in [2.24, 2.45) is 0 Å². The van der Waals surface area contributed by atoms with E-state index in [1.165, 1.54) is 32.4 Å². The van der Waals surface area contributed by atoms with Gasteiger partial charge in [-0.3, -0.25) is 0 Å². The molecule has 8 nitrogen and oxygen atoms in total. The second-order valence-corrected chi connectivity index (χ2v) is 6.13. The average Bonchev–Trinajstić information content (AvgIpc) is 2.72. The molecular formula is C19H18N2O6S. The Kier molecular flexibility index (Phi) is 5.95. The van der Waals surface area contributed by atoms with Gasteiger partial charge in [0, 0.05) is 17.4 Å². The predicted octanol–water partition coefficient (Wildman–Crippen LogP) is 2.84. The Hall–Kier alpha value is -3.33. The lowest BCUT2D eigenvalue weighted by Crippen LogP contribution is -2.20. The quantitative estimate of drug-likeness (QED) is 0.591. The first kappa shape index (κ1) is 19.4. The van der Waals surface area contributed by atoms with Crippen LogP contribution in [-0.4, -0.2) is 44.5 Å². The highest BCUT2D eigenvalue weighted by molar-refractivity contribution is 7.80. The van der Waals surface area contributed by atoms with Crippen LogP contribution in [0.15, 0.2) is 36.4 Å². The normalized spacial score (nSPS) is 11.9. The molecule has 1 aliphatic rings. The van der Waals surface area contributed by atoms with Gasteiger partial charge in [0.25, 0.3) is 0 Å². The van der Waals surface area contributed by atoms with Crippen molar-refractivity contribution in [3.8, 4) is 11.5 Å². The third kappa shape index (κ3) is 4.49. The molecule has 0 fully saturated rings. The van der Waals surface area contributed by atoms with E-state index in [4.69, 9.17) is 31.2 Å². The number of nitrogens with one attached hydrogen (secondary N) is 2. The molecule has 3 rings (SSSR count). The molecule has 2 aromatic carbocycles. The molecule has 2 N–H and O–H groups in total. The van der Waals surface area contributed by atoms with Crippen molar-refractivity contribution in [3.05, 3.63) is 47.5 Å². The fraction of sp³-hybridized carbons (Fsp3) is 0.211. The van der Waals surface area contributed by atoms with Crippen LogP contribution in [0.2, 0.25) is 0 Å². The molecule has 9 heteroatoms. The second-order valence-electron chi connectivity index (χ2n) is 5.72. The summed E-state index contributed by atoms with van der Waals surface area (Å²) in [6.07, 6.45) is 0. The second kappa shape index (κ2) is 8.57. The number of fused-ring (bicyclic) bond motifs is 1. The molecule has 0 saturated carbocycles. The maximum absolute atomic E-state index is 11.9. The van der Waals surface area contributed by atoms with Crippen molar-refractivity contribution in [2.45, 2.75) is 0 Å². The average molecular weight is 402 g/mol. The zero-order valence-electron chi connectivity index (χ0n) is 15.2. The van der Waals surface area contributed by atoms with Gasteiger partial charge in [0.1, 0.15) is 13.2 Å². The lowest BCUT2D eigenvalue weighted by molar-refractivity contribution is 0.0599. The SMILES string of the molecule is COC(=O)c1cc(NC(=S)Nc2ccc3c(c2)OCCO3)cc(C(=O)OC)c1. The Morgan fingerprint density at radius 2 is 1.43 bits per heavy atom. The van der Waals surface area contributed by atoms with Gasteiger partial charge in [-0.15, -0.1) is 0 Å². The van der Waals surface area contributed by atoms with E-state index in [1.54, 1.807) is 18.2 Å². The summed E-state index contributed by atoms with van der Waals surface area (Å²) in [7, 11) is 2.52. The minimum atomic E-state index is -0.584. The molecule has 146 valence electrons. The first-order chi connectivity index (χ1) is 13.5. The van der Waals surface area contributed by atoms with Crippen LogP contribution in [-0.2, 0) is 9.47 Å². The van der Waals surface area contributed by atoms with E-state index in [1.807, 2.05) is 0 Å². The Labute approximate surface area is 166 Å². The van der Waals surface area contributed by atoms with Gasteiger partial charge in [-0.05, 0) is 42.5 Å². The highest BCUT2D eigenvalue weighted by Gasteiger charge is 2.15. The number of carbonyl (C=O) groups is 2.